The lowest BCUT2D eigenvalue weighted by atomic mass is 10.1. The molecule has 0 aromatic heterocycles. The highest BCUT2D eigenvalue weighted by Crippen LogP contribution is 2.12. The van der Waals surface area contributed by atoms with Crippen LogP contribution in [0.4, 0.5) is 0 Å². The minimum absolute atomic E-state index is 1.14. The summed E-state index contributed by atoms with van der Waals surface area (Å²) < 4.78 is 1.14. The van der Waals surface area contributed by atoms with Crippen molar-refractivity contribution in [2.24, 2.45) is 0 Å². The molecule has 0 radical (unpaired) electrons. The molecule has 0 amide bonds. The number of hydrogen-bond donors (Lipinski definition) is 0. The van der Waals surface area contributed by atoms with E-state index in [1.807, 2.05) is 0 Å². The van der Waals surface area contributed by atoms with Gasteiger partial charge in [-0.15, -0.1) is 0 Å². The second-order valence-corrected chi connectivity index (χ2v) is 4.37. The third-order valence-corrected chi connectivity index (χ3v) is 2.68. The van der Waals surface area contributed by atoms with Crippen LogP contribution in [0.1, 0.15) is 38.2 Å². The Labute approximate surface area is 95.2 Å². The van der Waals surface area contributed by atoms with Crippen molar-refractivity contribution < 1.29 is 0 Å². The zero-order valence-electron chi connectivity index (χ0n) is 8.67. The predicted molar refractivity (Wildman–Crippen MR) is 67.3 cm³/mol. The van der Waals surface area contributed by atoms with Crippen molar-refractivity contribution in [1.29, 1.82) is 0 Å². The van der Waals surface area contributed by atoms with Gasteiger partial charge in [-0.05, 0) is 30.5 Å². The van der Waals surface area contributed by atoms with Gasteiger partial charge in [0.2, 0.25) is 0 Å². The van der Waals surface area contributed by atoms with Crippen molar-refractivity contribution in [3.8, 4) is 0 Å². The average Bonchev–Trinajstić information content (AvgIpc) is 2.21. The van der Waals surface area contributed by atoms with Crippen LogP contribution in [-0.4, -0.2) is 0 Å². The summed E-state index contributed by atoms with van der Waals surface area (Å²) in [6.07, 6.45) is 9.60. The molecule has 0 N–H and O–H groups in total. The predicted octanol–water partition coefficient (Wildman–Crippen LogP) is 5.04. The number of hydrogen-bond acceptors (Lipinski definition) is 0. The molecule has 0 aliphatic rings. The molecule has 0 spiro atoms. The highest BCUT2D eigenvalue weighted by atomic mass is 79.9. The number of rotatable bonds is 5. The molecular formula is C13H17Br. The van der Waals surface area contributed by atoms with E-state index in [1.165, 1.54) is 31.2 Å². The summed E-state index contributed by atoms with van der Waals surface area (Å²) in [6, 6.07) is 8.40. The maximum Gasteiger partial charge on any atom is 0.0175 e. The Morgan fingerprint density at radius 3 is 2.50 bits per heavy atom. The van der Waals surface area contributed by atoms with Crippen molar-refractivity contribution in [3.63, 3.8) is 0 Å². The third-order valence-electron chi connectivity index (χ3n) is 2.15. The number of benzene rings is 1. The Kier molecular flexibility index (Phi) is 5.62. The Balaban J connectivity index is 2.33. The van der Waals surface area contributed by atoms with Gasteiger partial charge in [0, 0.05) is 4.47 Å². The van der Waals surface area contributed by atoms with Gasteiger partial charge in [-0.2, -0.15) is 0 Å². The molecule has 1 aromatic rings. The van der Waals surface area contributed by atoms with E-state index >= 15 is 0 Å². The van der Waals surface area contributed by atoms with Crippen LogP contribution in [0, 0.1) is 0 Å². The van der Waals surface area contributed by atoms with Crippen LogP contribution in [0.2, 0.25) is 0 Å². The van der Waals surface area contributed by atoms with Gasteiger partial charge in [-0.25, -0.2) is 0 Å². The van der Waals surface area contributed by atoms with E-state index in [0.29, 0.717) is 0 Å². The van der Waals surface area contributed by atoms with Crippen molar-refractivity contribution in [3.05, 3.63) is 40.4 Å². The molecule has 0 atom stereocenters. The smallest absolute Gasteiger partial charge is 0.0175 e. The first kappa shape index (κ1) is 11.5. The van der Waals surface area contributed by atoms with Crippen LogP contribution in [0.15, 0.2) is 34.8 Å². The fourth-order valence-corrected chi connectivity index (χ4v) is 1.57. The molecule has 1 aromatic carbocycles. The molecule has 0 unspecified atom stereocenters. The number of unbranched alkanes of at least 4 members (excludes halogenated alkanes) is 3. The Morgan fingerprint density at radius 1 is 1.14 bits per heavy atom. The highest BCUT2D eigenvalue weighted by molar-refractivity contribution is 9.10. The van der Waals surface area contributed by atoms with Crippen LogP contribution < -0.4 is 0 Å². The molecule has 76 valence electrons. The van der Waals surface area contributed by atoms with Crippen LogP contribution in [0.3, 0.4) is 0 Å². The van der Waals surface area contributed by atoms with E-state index in [1.54, 1.807) is 0 Å². The quantitative estimate of drug-likeness (QED) is 0.644. The van der Waals surface area contributed by atoms with E-state index in [-0.39, 0.29) is 0 Å². The Morgan fingerprint density at radius 2 is 1.86 bits per heavy atom. The van der Waals surface area contributed by atoms with Crippen molar-refractivity contribution >= 4 is 22.0 Å². The van der Waals surface area contributed by atoms with E-state index in [0.717, 1.165) is 4.47 Å². The van der Waals surface area contributed by atoms with Crippen molar-refractivity contribution in [2.75, 3.05) is 0 Å². The fraction of sp³-hybridized carbons (Fsp3) is 0.385. The van der Waals surface area contributed by atoms with Gasteiger partial charge in [0.1, 0.15) is 0 Å². The van der Waals surface area contributed by atoms with Crippen LogP contribution >= 0.6 is 15.9 Å². The maximum atomic E-state index is 3.42. The first-order valence-corrected chi connectivity index (χ1v) is 6.04. The second-order valence-electron chi connectivity index (χ2n) is 3.45. The molecule has 0 fully saturated rings. The number of halogens is 1. The molecule has 0 bridgehead atoms. The van der Waals surface area contributed by atoms with Gasteiger partial charge in [-0.1, -0.05) is 60.0 Å². The van der Waals surface area contributed by atoms with Gasteiger partial charge in [-0.3, -0.25) is 0 Å². The molecular weight excluding hydrogens is 236 g/mol. The van der Waals surface area contributed by atoms with Crippen molar-refractivity contribution in [1.82, 2.24) is 0 Å². The summed E-state index contributed by atoms with van der Waals surface area (Å²) in [4.78, 5) is 0. The van der Waals surface area contributed by atoms with Gasteiger partial charge in [0.25, 0.3) is 0 Å². The van der Waals surface area contributed by atoms with E-state index < -0.39 is 0 Å². The summed E-state index contributed by atoms with van der Waals surface area (Å²) in [5.41, 5.74) is 1.28. The molecule has 1 rings (SSSR count). The molecule has 0 nitrogen and oxygen atoms in total. The third kappa shape index (κ3) is 4.61. The summed E-state index contributed by atoms with van der Waals surface area (Å²) in [5, 5.41) is 0. The highest BCUT2D eigenvalue weighted by Gasteiger charge is 1.87. The first-order chi connectivity index (χ1) is 6.83. The van der Waals surface area contributed by atoms with E-state index in [2.05, 4.69) is 59.3 Å². The SMILES string of the molecule is CCCCC/C=C/c1ccc(Br)cc1. The average molecular weight is 253 g/mol. The van der Waals surface area contributed by atoms with Crippen LogP contribution in [0.25, 0.3) is 6.08 Å². The monoisotopic (exact) mass is 252 g/mol. The largest absolute Gasteiger partial charge is 0.0839 e. The first-order valence-electron chi connectivity index (χ1n) is 5.25. The Hall–Kier alpha value is -0.560. The Bertz CT molecular complexity index is 272. The minimum Gasteiger partial charge on any atom is -0.0839 e. The molecule has 0 heterocycles. The molecule has 0 saturated heterocycles. The van der Waals surface area contributed by atoms with Crippen molar-refractivity contribution in [2.45, 2.75) is 32.6 Å². The van der Waals surface area contributed by atoms with Gasteiger partial charge in [0.15, 0.2) is 0 Å². The molecule has 0 aliphatic carbocycles. The zero-order chi connectivity index (χ0) is 10.2. The summed E-state index contributed by atoms with van der Waals surface area (Å²) >= 11 is 3.42. The lowest BCUT2D eigenvalue weighted by Gasteiger charge is -1.94. The number of allylic oxidation sites excluding steroid dienone is 1. The van der Waals surface area contributed by atoms with Gasteiger partial charge < -0.3 is 0 Å². The molecule has 1 heteroatoms. The maximum absolute atomic E-state index is 3.42. The molecule has 0 aliphatic heterocycles. The topological polar surface area (TPSA) is 0 Å². The van der Waals surface area contributed by atoms with E-state index in [4.69, 9.17) is 0 Å². The molecule has 14 heavy (non-hydrogen) atoms. The summed E-state index contributed by atoms with van der Waals surface area (Å²) in [7, 11) is 0. The summed E-state index contributed by atoms with van der Waals surface area (Å²) in [5.74, 6) is 0. The second kappa shape index (κ2) is 6.83. The standard InChI is InChI=1S/C13H17Br/c1-2-3-4-5-6-7-12-8-10-13(14)11-9-12/h6-11H,2-5H2,1H3/b7-6+. The molecule has 0 saturated carbocycles. The van der Waals surface area contributed by atoms with E-state index in [9.17, 15) is 0 Å². The normalized spacial score (nSPS) is 11.0. The van der Waals surface area contributed by atoms with Gasteiger partial charge in [0.05, 0.1) is 0 Å². The lowest BCUT2D eigenvalue weighted by Crippen LogP contribution is -1.73. The fourth-order valence-electron chi connectivity index (χ4n) is 1.31. The van der Waals surface area contributed by atoms with Gasteiger partial charge >= 0.3 is 0 Å². The van der Waals surface area contributed by atoms with Crippen LogP contribution in [-0.2, 0) is 0 Å². The minimum atomic E-state index is 1.14. The zero-order valence-corrected chi connectivity index (χ0v) is 10.3. The summed E-state index contributed by atoms with van der Waals surface area (Å²) in [6.45, 7) is 2.23. The lowest BCUT2D eigenvalue weighted by molar-refractivity contribution is 0.730. The van der Waals surface area contributed by atoms with Crippen LogP contribution in [0.5, 0.6) is 0 Å².